The van der Waals surface area contributed by atoms with Gasteiger partial charge in [0.15, 0.2) is 5.82 Å². The van der Waals surface area contributed by atoms with E-state index in [0.29, 0.717) is 45.0 Å². The lowest BCUT2D eigenvalue weighted by Crippen LogP contribution is -2.57. The topological polar surface area (TPSA) is 117 Å². The summed E-state index contributed by atoms with van der Waals surface area (Å²) < 4.78 is 112. The second-order valence-corrected chi connectivity index (χ2v) is 17.1. The van der Waals surface area contributed by atoms with Crippen molar-refractivity contribution < 1.29 is 44.6 Å². The van der Waals surface area contributed by atoms with Gasteiger partial charge in [-0.3, -0.25) is 14.5 Å². The summed E-state index contributed by atoms with van der Waals surface area (Å²) in [7, 11) is -3.87. The first-order valence-corrected chi connectivity index (χ1v) is 19.2. The van der Waals surface area contributed by atoms with E-state index in [-0.39, 0.29) is 60.1 Å². The average molecular weight is 753 g/mol. The molecule has 2 aromatic carbocycles. The minimum absolute atomic E-state index is 0.0365. The maximum Gasteiger partial charge on any atom is 0.417 e. The molecule has 1 N–H and O–H groups in total. The molecule has 1 aromatic heterocycles. The van der Waals surface area contributed by atoms with Gasteiger partial charge >= 0.3 is 18.3 Å². The molecule has 5 heterocycles. The van der Waals surface area contributed by atoms with Gasteiger partial charge in [-0.1, -0.05) is 6.07 Å². The quantitative estimate of drug-likeness (QED) is 0.275. The van der Waals surface area contributed by atoms with Crippen LogP contribution in [0.25, 0.3) is 22.0 Å². The molecular weight excluding hydrogens is 711 g/mol. The average Bonchev–Trinajstić information content (AvgIpc) is 3.64. The Morgan fingerprint density at radius 2 is 1.75 bits per heavy atom. The standard InChI is InChI=1S/C35H41F5N6O5S/c1-33(2,3)51-32(47)46-22-7-8-23(46)18-44(17-22)30-25-10-9-24(26-14-21(43-52(4,48)49)6-11-27(26)35(38,39)40)28(37)29(25)41-31(42-30)50-19-34-12-5-13-45(34)16-20(36)15-34/h6,9-11,14,20,22-23,43H,5,7-8,12-13,15-19H2,1-4H3/t20-,22-,23+,34+/m1/s1. The second kappa shape index (κ2) is 12.8. The molecule has 7 rings (SSSR count). The second-order valence-electron chi connectivity index (χ2n) is 15.3. The zero-order chi connectivity index (χ0) is 37.4. The van der Waals surface area contributed by atoms with Crippen molar-refractivity contribution >= 4 is 38.5 Å². The molecule has 282 valence electrons. The minimum Gasteiger partial charge on any atom is -0.461 e. The number of ether oxygens (including phenoxy) is 2. The summed E-state index contributed by atoms with van der Waals surface area (Å²) in [6.07, 6.45) is -2.28. The van der Waals surface area contributed by atoms with E-state index in [9.17, 15) is 30.8 Å². The van der Waals surface area contributed by atoms with Crippen LogP contribution in [-0.4, -0.2) is 103 Å². The van der Waals surface area contributed by atoms with Gasteiger partial charge in [0.25, 0.3) is 0 Å². The largest absolute Gasteiger partial charge is 0.461 e. The molecule has 0 spiro atoms. The Morgan fingerprint density at radius 1 is 1.04 bits per heavy atom. The lowest BCUT2D eigenvalue weighted by molar-refractivity contribution is -0.137. The molecule has 0 unspecified atom stereocenters. The van der Waals surface area contributed by atoms with Crippen molar-refractivity contribution in [2.75, 3.05) is 48.7 Å². The zero-order valence-electron chi connectivity index (χ0n) is 29.3. The summed E-state index contributed by atoms with van der Waals surface area (Å²) in [4.78, 5) is 28.0. The first kappa shape index (κ1) is 36.4. The van der Waals surface area contributed by atoms with Gasteiger partial charge in [-0.15, -0.1) is 0 Å². The number of sulfonamides is 1. The molecular formula is C35H41F5N6O5S. The molecule has 2 bridgehead atoms. The molecule has 4 aliphatic heterocycles. The highest BCUT2D eigenvalue weighted by molar-refractivity contribution is 7.92. The summed E-state index contributed by atoms with van der Waals surface area (Å²) in [5, 5.41) is 0.211. The number of carbonyl (C=O) groups is 1. The number of nitrogens with one attached hydrogen (secondary N) is 1. The van der Waals surface area contributed by atoms with Gasteiger partial charge in [-0.25, -0.2) is 22.0 Å². The van der Waals surface area contributed by atoms with Gasteiger partial charge in [0, 0.05) is 42.7 Å². The highest BCUT2D eigenvalue weighted by Gasteiger charge is 2.50. The first-order chi connectivity index (χ1) is 24.3. The van der Waals surface area contributed by atoms with E-state index in [0.717, 1.165) is 24.8 Å². The Hall–Kier alpha value is -3.99. The Morgan fingerprint density at radius 3 is 2.40 bits per heavy atom. The number of hydrogen-bond acceptors (Lipinski definition) is 9. The predicted octanol–water partition coefficient (Wildman–Crippen LogP) is 6.37. The fourth-order valence-electron chi connectivity index (χ4n) is 8.27. The van der Waals surface area contributed by atoms with Crippen molar-refractivity contribution in [1.29, 1.82) is 0 Å². The summed E-state index contributed by atoms with van der Waals surface area (Å²) in [5.74, 6) is -0.806. The lowest BCUT2D eigenvalue weighted by Gasteiger charge is -2.42. The molecule has 11 nitrogen and oxygen atoms in total. The molecule has 4 saturated heterocycles. The number of aromatic nitrogens is 2. The molecule has 17 heteroatoms. The van der Waals surface area contributed by atoms with Gasteiger partial charge < -0.3 is 14.4 Å². The number of nitrogens with zero attached hydrogens (tertiary/aromatic N) is 5. The predicted molar refractivity (Wildman–Crippen MR) is 184 cm³/mol. The van der Waals surface area contributed by atoms with Crippen LogP contribution in [0.3, 0.4) is 0 Å². The Bertz CT molecular complexity index is 2000. The van der Waals surface area contributed by atoms with Gasteiger partial charge in [-0.2, -0.15) is 23.1 Å². The number of piperazine rings is 1. The SMILES string of the molecule is CC(C)(C)OC(=O)N1[C@@H]2CC[C@H]1CN(c1nc(OC[C@@]34CCCN3C[C@H](F)C4)nc3c(F)c(-c4cc(NS(C)(=O)=O)ccc4C(F)(F)F)ccc13)C2. The van der Waals surface area contributed by atoms with E-state index in [1.807, 2.05) is 9.80 Å². The molecule has 4 fully saturated rings. The summed E-state index contributed by atoms with van der Waals surface area (Å²) in [5.41, 5.74) is -3.98. The van der Waals surface area contributed by atoms with E-state index in [4.69, 9.17) is 14.5 Å². The van der Waals surface area contributed by atoms with Crippen LogP contribution in [0, 0.1) is 5.82 Å². The number of rotatable bonds is 7. The molecule has 4 aliphatic rings. The number of halogens is 5. The smallest absolute Gasteiger partial charge is 0.417 e. The van der Waals surface area contributed by atoms with Crippen LogP contribution in [-0.2, 0) is 20.9 Å². The number of benzene rings is 2. The first-order valence-electron chi connectivity index (χ1n) is 17.3. The highest BCUT2D eigenvalue weighted by atomic mass is 32.2. The van der Waals surface area contributed by atoms with E-state index in [1.54, 1.807) is 25.7 Å². The third-order valence-corrected chi connectivity index (χ3v) is 10.9. The summed E-state index contributed by atoms with van der Waals surface area (Å²) >= 11 is 0. The molecule has 0 saturated carbocycles. The minimum atomic E-state index is -4.90. The van der Waals surface area contributed by atoms with Crippen LogP contribution in [0.1, 0.15) is 58.4 Å². The number of carbonyl (C=O) groups excluding carboxylic acids is 1. The van der Waals surface area contributed by atoms with Crippen LogP contribution in [0.5, 0.6) is 6.01 Å². The van der Waals surface area contributed by atoms with Crippen LogP contribution in [0.15, 0.2) is 30.3 Å². The number of anilines is 2. The lowest BCUT2D eigenvalue weighted by atomic mass is 9.95. The molecule has 52 heavy (non-hydrogen) atoms. The van der Waals surface area contributed by atoms with Crippen molar-refractivity contribution in [3.05, 3.63) is 41.7 Å². The fourth-order valence-corrected chi connectivity index (χ4v) is 8.82. The maximum atomic E-state index is 16.8. The Balaban J connectivity index is 1.31. The van der Waals surface area contributed by atoms with Gasteiger partial charge in [-0.05, 0) is 82.8 Å². The maximum absolute atomic E-state index is 16.8. The van der Waals surface area contributed by atoms with Crippen molar-refractivity contribution in [3.63, 3.8) is 0 Å². The molecule has 1 amide bonds. The summed E-state index contributed by atoms with van der Waals surface area (Å²) in [6, 6.07) is 4.53. The van der Waals surface area contributed by atoms with Crippen LogP contribution in [0.4, 0.5) is 38.3 Å². The van der Waals surface area contributed by atoms with Crippen LogP contribution >= 0.6 is 0 Å². The van der Waals surface area contributed by atoms with Crippen molar-refractivity contribution in [2.45, 2.75) is 88.4 Å². The number of amides is 1. The Kier molecular flexibility index (Phi) is 8.99. The Labute approximate surface area is 298 Å². The third-order valence-electron chi connectivity index (χ3n) is 10.3. The van der Waals surface area contributed by atoms with Crippen molar-refractivity contribution in [1.82, 2.24) is 19.8 Å². The van der Waals surface area contributed by atoms with Gasteiger partial charge in [0.05, 0.1) is 29.4 Å². The fraction of sp³-hybridized carbons (Fsp3) is 0.571. The molecule has 4 atom stereocenters. The van der Waals surface area contributed by atoms with Gasteiger partial charge in [0.2, 0.25) is 10.0 Å². The van der Waals surface area contributed by atoms with Crippen LogP contribution in [0.2, 0.25) is 0 Å². The van der Waals surface area contributed by atoms with E-state index < -0.39 is 62.1 Å². The van der Waals surface area contributed by atoms with Crippen molar-refractivity contribution in [2.24, 2.45) is 0 Å². The molecule has 3 aromatic rings. The third kappa shape index (κ3) is 7.05. The monoisotopic (exact) mass is 752 g/mol. The zero-order valence-corrected chi connectivity index (χ0v) is 30.1. The number of fused-ring (bicyclic) bond motifs is 4. The van der Waals surface area contributed by atoms with Crippen molar-refractivity contribution in [3.8, 4) is 17.1 Å². The van der Waals surface area contributed by atoms with Crippen LogP contribution < -0.4 is 14.4 Å². The van der Waals surface area contributed by atoms with E-state index in [1.165, 1.54) is 12.1 Å². The normalized spacial score (nSPS) is 25.1. The highest BCUT2D eigenvalue weighted by Crippen LogP contribution is 2.44. The molecule has 0 radical (unpaired) electrons. The summed E-state index contributed by atoms with van der Waals surface area (Å²) in [6.45, 7) is 7.05. The van der Waals surface area contributed by atoms with Gasteiger partial charge in [0.1, 0.15) is 29.7 Å². The number of alkyl halides is 4. The number of hydrogen-bond donors (Lipinski definition) is 1. The van der Waals surface area contributed by atoms with E-state index in [2.05, 4.69) is 9.71 Å². The van der Waals surface area contributed by atoms with E-state index >= 15 is 4.39 Å². The molecule has 0 aliphatic carbocycles.